The van der Waals surface area contributed by atoms with Gasteiger partial charge in [-0.25, -0.2) is 4.79 Å². The van der Waals surface area contributed by atoms with Gasteiger partial charge >= 0.3 is 5.97 Å². The van der Waals surface area contributed by atoms with E-state index in [9.17, 15) is 9.59 Å². The van der Waals surface area contributed by atoms with Gasteiger partial charge in [-0.15, -0.1) is 0 Å². The maximum absolute atomic E-state index is 11.8. The van der Waals surface area contributed by atoms with Crippen molar-refractivity contribution < 1.29 is 19.1 Å². The number of esters is 1. The second-order valence-electron chi connectivity index (χ2n) is 5.03. The molecule has 2 aromatic carbocycles. The smallest absolute Gasteiger partial charge is 0.338 e. The third kappa shape index (κ3) is 5.84. The first kappa shape index (κ1) is 18.3. The summed E-state index contributed by atoms with van der Waals surface area (Å²) in [6, 6.07) is 14.6. The Morgan fingerprint density at radius 3 is 2.33 bits per heavy atom. The molecule has 0 atom stereocenters. The van der Waals surface area contributed by atoms with Gasteiger partial charge in [0.05, 0.1) is 12.7 Å². The van der Waals surface area contributed by atoms with Crippen LogP contribution >= 0.6 is 22.6 Å². The highest BCUT2D eigenvalue weighted by atomic mass is 127. The van der Waals surface area contributed by atoms with Crippen LogP contribution in [-0.4, -0.2) is 32.1 Å². The Hall–Kier alpha value is -2.09. The van der Waals surface area contributed by atoms with Crippen molar-refractivity contribution >= 4 is 34.5 Å². The Morgan fingerprint density at radius 2 is 1.71 bits per heavy atom. The van der Waals surface area contributed by atoms with Crippen LogP contribution in [0, 0.1) is 3.57 Å². The van der Waals surface area contributed by atoms with E-state index >= 15 is 0 Å². The fraction of sp³-hybridized carbons (Fsp3) is 0.222. The predicted octanol–water partition coefficient (Wildman–Crippen LogP) is 2.82. The summed E-state index contributed by atoms with van der Waals surface area (Å²) >= 11 is 2.15. The van der Waals surface area contributed by atoms with Crippen LogP contribution in [0.2, 0.25) is 0 Å². The number of benzene rings is 2. The molecule has 126 valence electrons. The molecule has 0 heterocycles. The Morgan fingerprint density at radius 1 is 1.04 bits per heavy atom. The molecular weight excluding hydrogens is 421 g/mol. The van der Waals surface area contributed by atoms with Crippen molar-refractivity contribution in [3.05, 3.63) is 63.2 Å². The van der Waals surface area contributed by atoms with E-state index in [1.807, 2.05) is 36.4 Å². The van der Waals surface area contributed by atoms with E-state index in [-0.39, 0.29) is 12.5 Å². The molecule has 0 spiro atoms. The number of halogens is 1. The number of ether oxygens (including phenoxy) is 2. The lowest BCUT2D eigenvalue weighted by molar-refractivity contribution is -0.124. The third-order valence-electron chi connectivity index (χ3n) is 3.31. The Labute approximate surface area is 154 Å². The normalized spacial score (nSPS) is 10.1. The number of carbonyl (C=O) groups is 2. The topological polar surface area (TPSA) is 64.6 Å². The molecule has 1 N–H and O–H groups in total. The minimum absolute atomic E-state index is 0.284. The number of hydrogen-bond donors (Lipinski definition) is 1. The number of hydrogen-bond acceptors (Lipinski definition) is 4. The molecule has 0 aliphatic rings. The molecule has 1 amide bonds. The van der Waals surface area contributed by atoms with Crippen LogP contribution in [0.15, 0.2) is 48.5 Å². The van der Waals surface area contributed by atoms with Gasteiger partial charge in [0, 0.05) is 10.1 Å². The fourth-order valence-corrected chi connectivity index (χ4v) is 2.35. The van der Waals surface area contributed by atoms with Crippen molar-refractivity contribution in [3.8, 4) is 5.75 Å². The third-order valence-corrected chi connectivity index (χ3v) is 4.03. The minimum Gasteiger partial charge on any atom is -0.497 e. The molecule has 0 bridgehead atoms. The van der Waals surface area contributed by atoms with Gasteiger partial charge in [-0.1, -0.05) is 12.1 Å². The van der Waals surface area contributed by atoms with E-state index in [0.29, 0.717) is 18.5 Å². The van der Waals surface area contributed by atoms with Crippen molar-refractivity contribution in [2.24, 2.45) is 0 Å². The second kappa shape index (κ2) is 9.27. The summed E-state index contributed by atoms with van der Waals surface area (Å²) in [6.45, 7) is 0.194. The van der Waals surface area contributed by atoms with Crippen LogP contribution in [0.1, 0.15) is 15.9 Å². The van der Waals surface area contributed by atoms with Gasteiger partial charge in [-0.3, -0.25) is 4.79 Å². The maximum atomic E-state index is 11.8. The largest absolute Gasteiger partial charge is 0.497 e. The zero-order valence-electron chi connectivity index (χ0n) is 13.3. The Kier molecular flexibility index (Phi) is 7.05. The van der Waals surface area contributed by atoms with Crippen molar-refractivity contribution in [2.45, 2.75) is 6.42 Å². The van der Waals surface area contributed by atoms with Gasteiger partial charge in [0.15, 0.2) is 6.61 Å². The summed E-state index contributed by atoms with van der Waals surface area (Å²) in [5.74, 6) is -0.0237. The van der Waals surface area contributed by atoms with Gasteiger partial charge in [0.2, 0.25) is 0 Å². The van der Waals surface area contributed by atoms with Gasteiger partial charge in [0.25, 0.3) is 5.91 Å². The monoisotopic (exact) mass is 439 g/mol. The highest BCUT2D eigenvalue weighted by Gasteiger charge is 2.09. The van der Waals surface area contributed by atoms with Crippen LogP contribution in [0.4, 0.5) is 0 Å². The molecule has 0 radical (unpaired) electrons. The van der Waals surface area contributed by atoms with E-state index in [1.165, 1.54) is 0 Å². The van der Waals surface area contributed by atoms with E-state index < -0.39 is 5.97 Å². The molecule has 0 saturated heterocycles. The predicted molar refractivity (Wildman–Crippen MR) is 99.1 cm³/mol. The van der Waals surface area contributed by atoms with Gasteiger partial charge in [0.1, 0.15) is 5.75 Å². The van der Waals surface area contributed by atoms with Crippen LogP contribution < -0.4 is 10.1 Å². The molecule has 24 heavy (non-hydrogen) atoms. The van der Waals surface area contributed by atoms with Crippen LogP contribution in [0.25, 0.3) is 0 Å². The van der Waals surface area contributed by atoms with Crippen molar-refractivity contribution in [2.75, 3.05) is 20.3 Å². The molecule has 0 unspecified atom stereocenters. The van der Waals surface area contributed by atoms with E-state index in [2.05, 4.69) is 27.9 Å². The molecule has 0 aliphatic heterocycles. The zero-order valence-corrected chi connectivity index (χ0v) is 15.4. The minimum atomic E-state index is -0.503. The molecule has 0 fully saturated rings. The zero-order chi connectivity index (χ0) is 17.4. The molecule has 2 rings (SSSR count). The lowest BCUT2D eigenvalue weighted by atomic mass is 10.1. The number of rotatable bonds is 7. The lowest BCUT2D eigenvalue weighted by Gasteiger charge is -2.07. The number of carbonyl (C=O) groups excluding carboxylic acids is 2. The number of nitrogens with one attached hydrogen (secondary N) is 1. The maximum Gasteiger partial charge on any atom is 0.338 e. The molecule has 0 aromatic heterocycles. The first-order chi connectivity index (χ1) is 11.6. The number of methoxy groups -OCH3 is 1. The van der Waals surface area contributed by atoms with Crippen molar-refractivity contribution in [1.29, 1.82) is 0 Å². The molecule has 5 nitrogen and oxygen atoms in total. The Bertz CT molecular complexity index is 683. The Balaban J connectivity index is 1.69. The SMILES string of the molecule is COc1ccc(CCNC(=O)COC(=O)c2ccc(I)cc2)cc1. The summed E-state index contributed by atoms with van der Waals surface area (Å²) in [5.41, 5.74) is 1.52. The number of amides is 1. The molecule has 6 heteroatoms. The summed E-state index contributed by atoms with van der Waals surface area (Å²) in [5, 5.41) is 2.73. The highest BCUT2D eigenvalue weighted by molar-refractivity contribution is 14.1. The van der Waals surface area contributed by atoms with E-state index in [4.69, 9.17) is 9.47 Å². The highest BCUT2D eigenvalue weighted by Crippen LogP contribution is 2.11. The summed E-state index contributed by atoms with van der Waals surface area (Å²) in [7, 11) is 1.62. The second-order valence-corrected chi connectivity index (χ2v) is 6.28. The average molecular weight is 439 g/mol. The molecule has 0 saturated carbocycles. The van der Waals surface area contributed by atoms with Crippen LogP contribution in [-0.2, 0) is 16.0 Å². The van der Waals surface area contributed by atoms with Crippen LogP contribution in [0.5, 0.6) is 5.75 Å². The van der Waals surface area contributed by atoms with Gasteiger partial charge < -0.3 is 14.8 Å². The summed E-state index contributed by atoms with van der Waals surface area (Å²) < 4.78 is 11.1. The quantitative estimate of drug-likeness (QED) is 0.533. The summed E-state index contributed by atoms with van der Waals surface area (Å²) in [4.78, 5) is 23.5. The van der Waals surface area contributed by atoms with Gasteiger partial charge in [-0.05, 0) is 71.0 Å². The first-order valence-electron chi connectivity index (χ1n) is 7.41. The summed E-state index contributed by atoms with van der Waals surface area (Å²) in [6.07, 6.45) is 0.695. The molecular formula is C18H18INO4. The van der Waals surface area contributed by atoms with Crippen LogP contribution in [0.3, 0.4) is 0 Å². The van der Waals surface area contributed by atoms with Crippen molar-refractivity contribution in [3.63, 3.8) is 0 Å². The standard InChI is InChI=1S/C18H18INO4/c1-23-16-8-2-13(3-9-16)10-11-20-17(21)12-24-18(22)14-4-6-15(19)7-5-14/h2-9H,10-12H2,1H3,(H,20,21). The van der Waals surface area contributed by atoms with Gasteiger partial charge in [-0.2, -0.15) is 0 Å². The molecule has 2 aromatic rings. The fourth-order valence-electron chi connectivity index (χ4n) is 1.99. The van der Waals surface area contributed by atoms with Crippen molar-refractivity contribution in [1.82, 2.24) is 5.32 Å². The van der Waals surface area contributed by atoms with E-state index in [1.54, 1.807) is 19.2 Å². The van der Waals surface area contributed by atoms with E-state index in [0.717, 1.165) is 14.9 Å². The first-order valence-corrected chi connectivity index (χ1v) is 8.48. The average Bonchev–Trinajstić information content (AvgIpc) is 2.61. The lowest BCUT2D eigenvalue weighted by Crippen LogP contribution is -2.30. The molecule has 0 aliphatic carbocycles.